The standard InChI is InChI=1S/C31H30BF4NO4/c1-29(2)30(3,4)41-32(40-29)20(15-19-13-14-26(27(33)16-19)31(34,35)36)17-37-28(38)39-18-25-23-11-7-5-9-21(23)22-10-6-8-12-24(22)25/h5-16,25H,17-18H2,1-4H3,(H,37,38). The van der Waals surface area contributed by atoms with Gasteiger partial charge in [0.2, 0.25) is 0 Å². The number of alkyl carbamates (subject to hydrolysis) is 1. The zero-order valence-corrected chi connectivity index (χ0v) is 23.1. The monoisotopic (exact) mass is 567 g/mol. The van der Waals surface area contributed by atoms with Crippen molar-refractivity contribution < 1.29 is 36.4 Å². The van der Waals surface area contributed by atoms with Gasteiger partial charge < -0.3 is 19.4 Å². The summed E-state index contributed by atoms with van der Waals surface area (Å²) in [6.07, 6.45) is -4.05. The van der Waals surface area contributed by atoms with Crippen molar-refractivity contribution in [3.05, 3.63) is 100 Å². The largest absolute Gasteiger partial charge is 0.492 e. The first-order chi connectivity index (χ1) is 19.3. The van der Waals surface area contributed by atoms with Gasteiger partial charge in [0, 0.05) is 12.5 Å². The average molecular weight is 567 g/mol. The summed E-state index contributed by atoms with van der Waals surface area (Å²) >= 11 is 0. The molecule has 1 saturated heterocycles. The second-order valence-electron chi connectivity index (χ2n) is 11.2. The smallest absolute Gasteiger partial charge is 0.449 e. The van der Waals surface area contributed by atoms with Crippen molar-refractivity contribution in [1.29, 1.82) is 0 Å². The SMILES string of the molecule is CC1(C)OB(C(=Cc2ccc(C(F)(F)F)c(F)c2)CNC(=O)OCC2c3ccccc3-c3ccccc32)OC1(C)C. The molecule has 0 aromatic heterocycles. The van der Waals surface area contributed by atoms with Crippen molar-refractivity contribution in [1.82, 2.24) is 5.32 Å². The van der Waals surface area contributed by atoms with E-state index in [1.807, 2.05) is 76.2 Å². The molecule has 0 bridgehead atoms. The van der Waals surface area contributed by atoms with E-state index in [1.165, 1.54) is 6.08 Å². The zero-order chi connectivity index (χ0) is 29.6. The van der Waals surface area contributed by atoms with Gasteiger partial charge in [0.05, 0.1) is 16.8 Å². The summed E-state index contributed by atoms with van der Waals surface area (Å²) in [6, 6.07) is 18.6. The van der Waals surface area contributed by atoms with Crippen molar-refractivity contribution in [2.45, 2.75) is 51.0 Å². The third-order valence-corrected chi connectivity index (χ3v) is 7.99. The Bertz CT molecular complexity index is 1440. The number of alkyl halides is 3. The van der Waals surface area contributed by atoms with E-state index >= 15 is 0 Å². The van der Waals surface area contributed by atoms with Crippen molar-refractivity contribution in [2.24, 2.45) is 0 Å². The minimum absolute atomic E-state index is 0.101. The maximum absolute atomic E-state index is 14.3. The maximum atomic E-state index is 14.3. The Labute approximate surface area is 236 Å². The molecule has 1 amide bonds. The van der Waals surface area contributed by atoms with Crippen LogP contribution in [0.15, 0.2) is 72.2 Å². The molecule has 5 nitrogen and oxygen atoms in total. The van der Waals surface area contributed by atoms with Crippen molar-refractivity contribution in [3.63, 3.8) is 0 Å². The lowest BCUT2D eigenvalue weighted by atomic mass is 9.77. The number of halogens is 4. The lowest BCUT2D eigenvalue weighted by molar-refractivity contribution is -0.140. The number of hydrogen-bond donors (Lipinski definition) is 1. The zero-order valence-electron chi connectivity index (χ0n) is 23.1. The summed E-state index contributed by atoms with van der Waals surface area (Å²) in [6.45, 7) is 7.40. The quantitative estimate of drug-likeness (QED) is 0.249. The molecule has 2 aliphatic rings. The fourth-order valence-electron chi connectivity index (χ4n) is 5.09. The highest BCUT2D eigenvalue weighted by molar-refractivity contribution is 6.56. The van der Waals surface area contributed by atoms with Crippen LogP contribution in [0.4, 0.5) is 22.4 Å². The van der Waals surface area contributed by atoms with Gasteiger partial charge in [0.15, 0.2) is 0 Å². The molecule has 0 unspecified atom stereocenters. The first-order valence-corrected chi connectivity index (χ1v) is 13.3. The number of carbonyl (C=O) groups excluding carboxylic acids is 1. The number of amides is 1. The van der Waals surface area contributed by atoms with Crippen LogP contribution in [0.2, 0.25) is 0 Å². The van der Waals surface area contributed by atoms with Crippen LogP contribution >= 0.6 is 0 Å². The van der Waals surface area contributed by atoms with Crippen molar-refractivity contribution in [3.8, 4) is 11.1 Å². The Hall–Kier alpha value is -3.63. The Balaban J connectivity index is 1.32. The molecule has 10 heteroatoms. The summed E-state index contributed by atoms with van der Waals surface area (Å²) in [5.41, 5.74) is 2.11. The number of benzene rings is 3. The van der Waals surface area contributed by atoms with Gasteiger partial charge in [-0.2, -0.15) is 13.2 Å². The predicted molar refractivity (Wildman–Crippen MR) is 149 cm³/mol. The van der Waals surface area contributed by atoms with Gasteiger partial charge in [-0.25, -0.2) is 9.18 Å². The molecule has 1 aliphatic heterocycles. The van der Waals surface area contributed by atoms with Gasteiger partial charge in [0.1, 0.15) is 12.4 Å². The third kappa shape index (κ3) is 5.76. The lowest BCUT2D eigenvalue weighted by Crippen LogP contribution is -2.41. The molecule has 0 saturated carbocycles. The topological polar surface area (TPSA) is 56.8 Å². The summed E-state index contributed by atoms with van der Waals surface area (Å²) in [7, 11) is -0.931. The van der Waals surface area contributed by atoms with Gasteiger partial charge in [-0.3, -0.25) is 0 Å². The maximum Gasteiger partial charge on any atom is 0.492 e. The van der Waals surface area contributed by atoms with Gasteiger partial charge in [0.25, 0.3) is 0 Å². The van der Waals surface area contributed by atoms with Crippen molar-refractivity contribution in [2.75, 3.05) is 13.2 Å². The molecule has 1 fully saturated rings. The molecular formula is C31H30BF4NO4. The number of nitrogens with one attached hydrogen (secondary N) is 1. The molecule has 0 atom stereocenters. The van der Waals surface area contributed by atoms with E-state index < -0.39 is 42.0 Å². The number of carbonyl (C=O) groups is 1. The molecule has 1 aliphatic carbocycles. The minimum atomic E-state index is -4.81. The van der Waals surface area contributed by atoms with Gasteiger partial charge >= 0.3 is 19.4 Å². The van der Waals surface area contributed by atoms with Crippen molar-refractivity contribution >= 4 is 19.3 Å². The highest BCUT2D eigenvalue weighted by Crippen LogP contribution is 2.44. The lowest BCUT2D eigenvalue weighted by Gasteiger charge is -2.32. The fraction of sp³-hybridized carbons (Fsp3) is 0.323. The number of fused-ring (bicyclic) bond motifs is 3. The molecule has 214 valence electrons. The molecule has 41 heavy (non-hydrogen) atoms. The molecular weight excluding hydrogens is 537 g/mol. The highest BCUT2D eigenvalue weighted by atomic mass is 19.4. The second kappa shape index (κ2) is 10.7. The van der Waals surface area contributed by atoms with Crippen LogP contribution < -0.4 is 5.32 Å². The van der Waals surface area contributed by atoms with Gasteiger partial charge in [-0.15, -0.1) is 0 Å². The van der Waals surface area contributed by atoms with Gasteiger partial charge in [-0.1, -0.05) is 60.7 Å². The Morgan fingerprint density at radius 2 is 1.51 bits per heavy atom. The number of hydrogen-bond acceptors (Lipinski definition) is 4. The average Bonchev–Trinajstić information content (AvgIpc) is 3.33. The van der Waals surface area contributed by atoms with E-state index in [1.54, 1.807) is 0 Å². The van der Waals surface area contributed by atoms with Crippen LogP contribution in [-0.4, -0.2) is 37.6 Å². The van der Waals surface area contributed by atoms with E-state index in [2.05, 4.69) is 5.32 Å². The number of rotatable bonds is 6. The first-order valence-electron chi connectivity index (χ1n) is 13.3. The predicted octanol–water partition coefficient (Wildman–Crippen LogP) is 7.40. The molecule has 0 spiro atoms. The van der Waals surface area contributed by atoms with Crippen LogP contribution in [0, 0.1) is 5.82 Å². The van der Waals surface area contributed by atoms with Crippen LogP contribution in [0.25, 0.3) is 17.2 Å². The summed E-state index contributed by atoms with van der Waals surface area (Å²) < 4.78 is 71.3. The molecule has 3 aromatic carbocycles. The molecule has 0 radical (unpaired) electrons. The Morgan fingerprint density at radius 3 is 2.05 bits per heavy atom. The fourth-order valence-corrected chi connectivity index (χ4v) is 5.09. The van der Waals surface area contributed by atoms with E-state index in [0.717, 1.165) is 34.4 Å². The van der Waals surface area contributed by atoms with E-state index in [9.17, 15) is 22.4 Å². The molecule has 1 heterocycles. The molecule has 5 rings (SSSR count). The van der Waals surface area contributed by atoms with Crippen LogP contribution in [-0.2, 0) is 20.2 Å². The normalized spacial score (nSPS) is 17.8. The summed E-state index contributed by atoms with van der Waals surface area (Å²) in [5, 5.41) is 2.69. The van der Waals surface area contributed by atoms with E-state index in [-0.39, 0.29) is 24.6 Å². The summed E-state index contributed by atoms with van der Waals surface area (Å²) in [4.78, 5) is 12.8. The van der Waals surface area contributed by atoms with Gasteiger partial charge in [-0.05, 0) is 73.1 Å². The first kappa shape index (κ1) is 28.9. The number of ether oxygens (including phenoxy) is 1. The van der Waals surface area contributed by atoms with Crippen LogP contribution in [0.3, 0.4) is 0 Å². The molecule has 1 N–H and O–H groups in total. The summed E-state index contributed by atoms with van der Waals surface area (Å²) in [5.74, 6) is -1.52. The minimum Gasteiger partial charge on any atom is -0.449 e. The third-order valence-electron chi connectivity index (χ3n) is 7.99. The van der Waals surface area contributed by atoms with E-state index in [0.29, 0.717) is 11.5 Å². The second-order valence-corrected chi connectivity index (χ2v) is 11.2. The molecule has 3 aromatic rings. The Kier molecular flexibility index (Phi) is 7.50. The highest BCUT2D eigenvalue weighted by Gasteiger charge is 2.52. The Morgan fingerprint density at radius 1 is 0.951 bits per heavy atom. The van der Waals surface area contributed by atoms with Crippen LogP contribution in [0.5, 0.6) is 0 Å². The van der Waals surface area contributed by atoms with Crippen LogP contribution in [0.1, 0.15) is 55.9 Å². The van der Waals surface area contributed by atoms with E-state index in [4.69, 9.17) is 14.0 Å².